The van der Waals surface area contributed by atoms with Crippen LogP contribution in [0.4, 0.5) is 5.69 Å². The van der Waals surface area contributed by atoms with Gasteiger partial charge >= 0.3 is 0 Å². The van der Waals surface area contributed by atoms with Gasteiger partial charge in [0.25, 0.3) is 0 Å². The van der Waals surface area contributed by atoms with Crippen LogP contribution in [0.2, 0.25) is 0 Å². The molecule has 2 atom stereocenters. The Morgan fingerprint density at radius 2 is 2.33 bits per heavy atom. The Kier molecular flexibility index (Phi) is 3.81. The number of aromatic nitrogens is 1. The summed E-state index contributed by atoms with van der Waals surface area (Å²) in [7, 11) is 1.51. The molecule has 98 valence electrons. The van der Waals surface area contributed by atoms with Gasteiger partial charge in [-0.2, -0.15) is 0 Å². The number of carbonyl (C=O) groups is 1. The molecule has 1 aromatic rings. The first-order valence-electron chi connectivity index (χ1n) is 6.11. The number of hydrogen-bond donors (Lipinski definition) is 2. The van der Waals surface area contributed by atoms with E-state index in [9.17, 15) is 9.90 Å². The smallest absolute Gasteiger partial charge is 0.237 e. The third kappa shape index (κ3) is 2.61. The number of hydrogen-bond acceptors (Lipinski definition) is 4. The summed E-state index contributed by atoms with van der Waals surface area (Å²) in [4.78, 5) is 16.1. The minimum absolute atomic E-state index is 0.161. The van der Waals surface area contributed by atoms with Crippen LogP contribution in [-0.4, -0.2) is 29.2 Å². The first-order valence-corrected chi connectivity index (χ1v) is 6.11. The van der Waals surface area contributed by atoms with Crippen LogP contribution >= 0.6 is 0 Å². The Morgan fingerprint density at radius 3 is 2.94 bits per heavy atom. The second-order valence-electron chi connectivity index (χ2n) is 4.66. The molecule has 2 rings (SSSR count). The molecule has 5 heteroatoms. The molecule has 1 aliphatic carbocycles. The van der Waals surface area contributed by atoms with E-state index in [0.29, 0.717) is 18.0 Å². The molecule has 0 spiro atoms. The molecule has 18 heavy (non-hydrogen) atoms. The zero-order chi connectivity index (χ0) is 13.1. The molecule has 0 saturated heterocycles. The number of ether oxygens (including phenoxy) is 1. The Morgan fingerprint density at radius 1 is 1.56 bits per heavy atom. The van der Waals surface area contributed by atoms with Crippen molar-refractivity contribution in [1.82, 2.24) is 4.98 Å². The normalized spacial score (nSPS) is 22.8. The molecule has 1 aliphatic rings. The largest absolute Gasteiger partial charge is 0.480 e. The molecule has 2 unspecified atom stereocenters. The lowest BCUT2D eigenvalue weighted by atomic mass is 10.1. The molecular formula is C13H18N2O3. The summed E-state index contributed by atoms with van der Waals surface area (Å²) < 4.78 is 5.10. The van der Waals surface area contributed by atoms with Gasteiger partial charge in [-0.05, 0) is 37.8 Å². The predicted octanol–water partition coefficient (Wildman–Crippen LogP) is 1.50. The lowest BCUT2D eigenvalue weighted by molar-refractivity contribution is -0.122. The fourth-order valence-electron chi connectivity index (χ4n) is 2.28. The number of aryl methyl sites for hydroxylation is 1. The number of aliphatic hydroxyl groups excluding tert-OH is 1. The summed E-state index contributed by atoms with van der Waals surface area (Å²) in [5, 5.41) is 12.5. The topological polar surface area (TPSA) is 71.5 Å². The maximum absolute atomic E-state index is 12.1. The van der Waals surface area contributed by atoms with Crippen molar-refractivity contribution in [3.8, 4) is 5.88 Å². The van der Waals surface area contributed by atoms with Crippen LogP contribution in [0, 0.1) is 12.8 Å². The van der Waals surface area contributed by atoms with Crippen LogP contribution < -0.4 is 10.1 Å². The average molecular weight is 250 g/mol. The predicted molar refractivity (Wildman–Crippen MR) is 67.5 cm³/mol. The maximum Gasteiger partial charge on any atom is 0.237 e. The number of nitrogens with zero attached hydrogens (tertiary/aromatic N) is 1. The number of rotatable bonds is 3. The Hall–Kier alpha value is -1.62. The van der Waals surface area contributed by atoms with Gasteiger partial charge in [0.1, 0.15) is 5.69 Å². The van der Waals surface area contributed by atoms with Gasteiger partial charge in [0.05, 0.1) is 19.1 Å². The minimum Gasteiger partial charge on any atom is -0.480 e. The fraction of sp³-hybridized carbons (Fsp3) is 0.538. The van der Waals surface area contributed by atoms with Gasteiger partial charge in [-0.3, -0.25) is 4.79 Å². The molecule has 1 heterocycles. The van der Waals surface area contributed by atoms with Crippen molar-refractivity contribution in [2.45, 2.75) is 32.3 Å². The highest BCUT2D eigenvalue weighted by atomic mass is 16.5. The molecule has 1 fully saturated rings. The van der Waals surface area contributed by atoms with E-state index in [1.54, 1.807) is 6.20 Å². The van der Waals surface area contributed by atoms with Crippen molar-refractivity contribution in [2.24, 2.45) is 5.92 Å². The standard InChI is InChI=1S/C13H18N2O3/c1-8-6-10(13(18-2)14-7-8)15-12(17)9-4-3-5-11(9)16/h6-7,9,11,16H,3-5H2,1-2H3,(H,15,17). The molecule has 1 aromatic heterocycles. The Balaban J connectivity index is 2.13. The van der Waals surface area contributed by atoms with Crippen molar-refractivity contribution in [2.75, 3.05) is 12.4 Å². The van der Waals surface area contributed by atoms with Crippen molar-refractivity contribution >= 4 is 11.6 Å². The van der Waals surface area contributed by atoms with E-state index in [-0.39, 0.29) is 11.8 Å². The summed E-state index contributed by atoms with van der Waals surface area (Å²) in [5.41, 5.74) is 1.50. The Bertz CT molecular complexity index is 448. The van der Waals surface area contributed by atoms with Crippen molar-refractivity contribution in [1.29, 1.82) is 0 Å². The third-order valence-corrected chi connectivity index (χ3v) is 3.26. The summed E-state index contributed by atoms with van der Waals surface area (Å²) in [6.45, 7) is 1.90. The number of anilines is 1. The molecule has 2 N–H and O–H groups in total. The fourth-order valence-corrected chi connectivity index (χ4v) is 2.28. The number of amides is 1. The summed E-state index contributed by atoms with van der Waals surface area (Å²) in [6.07, 6.45) is 3.46. The molecule has 0 aliphatic heterocycles. The van der Waals surface area contributed by atoms with Crippen LogP contribution in [-0.2, 0) is 4.79 Å². The minimum atomic E-state index is -0.534. The molecule has 5 nitrogen and oxygen atoms in total. The van der Waals surface area contributed by atoms with Crippen LogP contribution in [0.15, 0.2) is 12.3 Å². The Labute approximate surface area is 106 Å². The van der Waals surface area contributed by atoms with E-state index >= 15 is 0 Å². The van der Waals surface area contributed by atoms with Gasteiger partial charge < -0.3 is 15.2 Å². The number of methoxy groups -OCH3 is 1. The van der Waals surface area contributed by atoms with Gasteiger partial charge in [-0.25, -0.2) is 4.98 Å². The number of carbonyl (C=O) groups excluding carboxylic acids is 1. The highest BCUT2D eigenvalue weighted by Gasteiger charge is 2.31. The molecule has 1 saturated carbocycles. The maximum atomic E-state index is 12.1. The zero-order valence-electron chi connectivity index (χ0n) is 10.6. The first kappa shape index (κ1) is 12.8. The monoisotopic (exact) mass is 250 g/mol. The third-order valence-electron chi connectivity index (χ3n) is 3.26. The molecule has 0 radical (unpaired) electrons. The molecular weight excluding hydrogens is 232 g/mol. The van der Waals surface area contributed by atoms with Crippen LogP contribution in [0.3, 0.4) is 0 Å². The van der Waals surface area contributed by atoms with E-state index in [1.165, 1.54) is 7.11 Å². The molecule has 0 bridgehead atoms. The van der Waals surface area contributed by atoms with E-state index in [4.69, 9.17) is 4.74 Å². The van der Waals surface area contributed by atoms with E-state index < -0.39 is 6.10 Å². The van der Waals surface area contributed by atoms with Crippen molar-refractivity contribution in [3.63, 3.8) is 0 Å². The van der Waals surface area contributed by atoms with Gasteiger partial charge in [0.15, 0.2) is 0 Å². The summed E-state index contributed by atoms with van der Waals surface area (Å²) in [5.74, 6) is -0.0950. The van der Waals surface area contributed by atoms with Gasteiger partial charge in [-0.1, -0.05) is 0 Å². The average Bonchev–Trinajstić information content (AvgIpc) is 2.76. The number of aliphatic hydroxyl groups is 1. The van der Waals surface area contributed by atoms with E-state index in [2.05, 4.69) is 10.3 Å². The summed E-state index contributed by atoms with van der Waals surface area (Å²) in [6, 6.07) is 1.81. The quantitative estimate of drug-likeness (QED) is 0.852. The van der Waals surface area contributed by atoms with Crippen molar-refractivity contribution < 1.29 is 14.6 Å². The number of pyridine rings is 1. The highest BCUT2D eigenvalue weighted by Crippen LogP contribution is 2.28. The summed E-state index contributed by atoms with van der Waals surface area (Å²) >= 11 is 0. The lowest BCUT2D eigenvalue weighted by Gasteiger charge is -2.15. The number of nitrogens with one attached hydrogen (secondary N) is 1. The van der Waals surface area contributed by atoms with E-state index in [0.717, 1.165) is 18.4 Å². The van der Waals surface area contributed by atoms with Crippen LogP contribution in [0.25, 0.3) is 0 Å². The second-order valence-corrected chi connectivity index (χ2v) is 4.66. The highest BCUT2D eigenvalue weighted by molar-refractivity contribution is 5.94. The van der Waals surface area contributed by atoms with Gasteiger partial charge in [0.2, 0.25) is 11.8 Å². The van der Waals surface area contributed by atoms with E-state index in [1.807, 2.05) is 13.0 Å². The SMILES string of the molecule is COc1ncc(C)cc1NC(=O)C1CCCC1O. The molecule has 1 amide bonds. The zero-order valence-corrected chi connectivity index (χ0v) is 10.6. The second kappa shape index (κ2) is 5.35. The van der Waals surface area contributed by atoms with Crippen LogP contribution in [0.1, 0.15) is 24.8 Å². The van der Waals surface area contributed by atoms with Gasteiger partial charge in [0, 0.05) is 6.20 Å². The van der Waals surface area contributed by atoms with Crippen LogP contribution in [0.5, 0.6) is 5.88 Å². The first-order chi connectivity index (χ1) is 8.61. The van der Waals surface area contributed by atoms with Crippen molar-refractivity contribution in [3.05, 3.63) is 17.8 Å². The van der Waals surface area contributed by atoms with Gasteiger partial charge in [-0.15, -0.1) is 0 Å². The molecule has 0 aromatic carbocycles. The lowest BCUT2D eigenvalue weighted by Crippen LogP contribution is -2.28.